The van der Waals surface area contributed by atoms with Gasteiger partial charge in [0.15, 0.2) is 4.67 Å². The Morgan fingerprint density at radius 2 is 1.95 bits per heavy atom. The minimum absolute atomic E-state index is 0. The number of halogens is 3. The van der Waals surface area contributed by atoms with Gasteiger partial charge >= 0.3 is 0 Å². The first kappa shape index (κ1) is 17.3. The number of piperazine rings is 1. The molecule has 0 aromatic carbocycles. The Morgan fingerprint density at radius 1 is 1.26 bits per heavy atom. The van der Waals surface area contributed by atoms with Crippen LogP contribution in [0, 0.1) is 5.92 Å². The molecule has 2 heterocycles. The van der Waals surface area contributed by atoms with Crippen LogP contribution in [-0.2, 0) is 0 Å². The lowest BCUT2D eigenvalue weighted by Gasteiger charge is -2.33. The quantitative estimate of drug-likeness (QED) is 0.875. The molecule has 0 radical (unpaired) electrons. The highest BCUT2D eigenvalue weighted by molar-refractivity contribution is 9.10. The predicted molar refractivity (Wildman–Crippen MR) is 85.4 cm³/mol. The molecule has 1 saturated carbocycles. The SMILES string of the molecule is Brc1ccc([C@@H](CC2CC2)N2CCNCC2)o1.Cl.Cl. The molecule has 1 aliphatic carbocycles. The van der Waals surface area contributed by atoms with Crippen LogP contribution in [0.2, 0.25) is 0 Å². The van der Waals surface area contributed by atoms with E-state index >= 15 is 0 Å². The van der Waals surface area contributed by atoms with E-state index < -0.39 is 0 Å². The van der Waals surface area contributed by atoms with Gasteiger partial charge in [0.2, 0.25) is 0 Å². The molecule has 0 unspecified atom stereocenters. The van der Waals surface area contributed by atoms with E-state index in [1.807, 2.05) is 6.07 Å². The molecule has 6 heteroatoms. The Hall–Kier alpha value is 0.260. The largest absolute Gasteiger partial charge is 0.453 e. The summed E-state index contributed by atoms with van der Waals surface area (Å²) in [4.78, 5) is 2.57. The zero-order chi connectivity index (χ0) is 11.7. The third-order valence-corrected chi connectivity index (χ3v) is 4.19. The molecule has 110 valence electrons. The molecule has 0 bridgehead atoms. The second-order valence-corrected chi connectivity index (χ2v) is 5.90. The highest BCUT2D eigenvalue weighted by Crippen LogP contribution is 2.40. The van der Waals surface area contributed by atoms with Crippen LogP contribution in [0.3, 0.4) is 0 Å². The molecule has 1 atom stereocenters. The van der Waals surface area contributed by atoms with E-state index in [4.69, 9.17) is 4.42 Å². The maximum Gasteiger partial charge on any atom is 0.169 e. The molecule has 1 aromatic heterocycles. The van der Waals surface area contributed by atoms with Crippen molar-refractivity contribution < 1.29 is 4.42 Å². The highest BCUT2D eigenvalue weighted by Gasteiger charge is 2.31. The van der Waals surface area contributed by atoms with Crippen molar-refractivity contribution in [3.8, 4) is 0 Å². The molecule has 2 fully saturated rings. The smallest absolute Gasteiger partial charge is 0.169 e. The van der Waals surface area contributed by atoms with E-state index in [9.17, 15) is 0 Å². The number of nitrogens with one attached hydrogen (secondary N) is 1. The number of nitrogens with zero attached hydrogens (tertiary/aromatic N) is 1. The van der Waals surface area contributed by atoms with Gasteiger partial charge in [-0.05, 0) is 40.4 Å². The van der Waals surface area contributed by atoms with Gasteiger partial charge < -0.3 is 9.73 Å². The van der Waals surface area contributed by atoms with Crippen molar-refractivity contribution in [2.45, 2.75) is 25.3 Å². The van der Waals surface area contributed by atoms with Crippen molar-refractivity contribution in [3.63, 3.8) is 0 Å². The number of furan rings is 1. The van der Waals surface area contributed by atoms with Crippen molar-refractivity contribution in [2.24, 2.45) is 5.92 Å². The monoisotopic (exact) mass is 370 g/mol. The fourth-order valence-corrected chi connectivity index (χ4v) is 2.93. The minimum Gasteiger partial charge on any atom is -0.453 e. The first-order valence-corrected chi connectivity index (χ1v) is 7.32. The van der Waals surface area contributed by atoms with Gasteiger partial charge in [-0.2, -0.15) is 0 Å². The van der Waals surface area contributed by atoms with E-state index in [-0.39, 0.29) is 24.8 Å². The topological polar surface area (TPSA) is 28.4 Å². The Balaban J connectivity index is 0.000000902. The molecule has 1 saturated heterocycles. The lowest BCUT2D eigenvalue weighted by Crippen LogP contribution is -2.45. The van der Waals surface area contributed by atoms with Crippen molar-refractivity contribution in [1.29, 1.82) is 0 Å². The lowest BCUT2D eigenvalue weighted by atomic mass is 10.1. The average Bonchev–Trinajstić information content (AvgIpc) is 3.08. The van der Waals surface area contributed by atoms with Crippen molar-refractivity contribution in [1.82, 2.24) is 10.2 Å². The van der Waals surface area contributed by atoms with E-state index in [0.717, 1.165) is 42.5 Å². The maximum atomic E-state index is 5.78. The van der Waals surface area contributed by atoms with Crippen LogP contribution in [0.15, 0.2) is 21.2 Å². The summed E-state index contributed by atoms with van der Waals surface area (Å²) in [5, 5.41) is 3.41. The molecule has 0 spiro atoms. The van der Waals surface area contributed by atoms with E-state index in [0.29, 0.717) is 6.04 Å². The van der Waals surface area contributed by atoms with Crippen LogP contribution in [0.5, 0.6) is 0 Å². The second-order valence-electron chi connectivity index (χ2n) is 5.12. The zero-order valence-corrected chi connectivity index (χ0v) is 14.0. The highest BCUT2D eigenvalue weighted by atomic mass is 79.9. The first-order chi connectivity index (χ1) is 8.33. The van der Waals surface area contributed by atoms with Crippen molar-refractivity contribution in [2.75, 3.05) is 26.2 Å². The summed E-state index contributed by atoms with van der Waals surface area (Å²) in [6.45, 7) is 4.47. The van der Waals surface area contributed by atoms with Crippen molar-refractivity contribution >= 4 is 40.7 Å². The van der Waals surface area contributed by atoms with Gasteiger partial charge in [-0.3, -0.25) is 4.90 Å². The summed E-state index contributed by atoms with van der Waals surface area (Å²) < 4.78 is 6.63. The molecule has 3 nitrogen and oxygen atoms in total. The predicted octanol–water partition coefficient (Wildman–Crippen LogP) is 3.63. The van der Waals surface area contributed by atoms with Gasteiger partial charge in [0.1, 0.15) is 5.76 Å². The third kappa shape index (κ3) is 4.64. The van der Waals surface area contributed by atoms with Crippen LogP contribution < -0.4 is 5.32 Å². The minimum atomic E-state index is 0. The van der Waals surface area contributed by atoms with Gasteiger partial charge in [-0.1, -0.05) is 12.8 Å². The number of hydrogen-bond acceptors (Lipinski definition) is 3. The summed E-state index contributed by atoms with van der Waals surface area (Å²) in [6, 6.07) is 4.62. The standard InChI is InChI=1S/C13H19BrN2O.2ClH/c14-13-4-3-12(17-13)11(9-10-1-2-10)16-7-5-15-6-8-16;;/h3-4,10-11,15H,1-2,5-9H2;2*1H/t11-;;/m1../s1. The fraction of sp³-hybridized carbons (Fsp3) is 0.692. The lowest BCUT2D eigenvalue weighted by molar-refractivity contribution is 0.141. The summed E-state index contributed by atoms with van der Waals surface area (Å²) in [5.74, 6) is 2.06. The van der Waals surface area contributed by atoms with Gasteiger partial charge in [0.25, 0.3) is 0 Å². The Bertz CT molecular complexity index is 378. The van der Waals surface area contributed by atoms with Crippen LogP contribution in [0.25, 0.3) is 0 Å². The fourth-order valence-electron chi connectivity index (χ4n) is 2.62. The number of hydrogen-bond donors (Lipinski definition) is 1. The molecule has 19 heavy (non-hydrogen) atoms. The summed E-state index contributed by atoms with van der Waals surface area (Å²) in [6.07, 6.45) is 4.08. The van der Waals surface area contributed by atoms with Gasteiger partial charge in [0.05, 0.1) is 6.04 Å². The first-order valence-electron chi connectivity index (χ1n) is 6.53. The van der Waals surface area contributed by atoms with Gasteiger partial charge in [0, 0.05) is 26.2 Å². The number of rotatable bonds is 4. The van der Waals surface area contributed by atoms with E-state index in [1.54, 1.807) is 0 Å². The summed E-state index contributed by atoms with van der Waals surface area (Å²) in [7, 11) is 0. The normalized spacial score (nSPS) is 21.3. The summed E-state index contributed by atoms with van der Waals surface area (Å²) in [5.41, 5.74) is 0. The molecule has 1 N–H and O–H groups in total. The van der Waals surface area contributed by atoms with Crippen LogP contribution in [0.1, 0.15) is 31.1 Å². The zero-order valence-electron chi connectivity index (χ0n) is 10.8. The molecular weight excluding hydrogens is 351 g/mol. The average molecular weight is 372 g/mol. The maximum absolute atomic E-state index is 5.78. The Kier molecular flexibility index (Phi) is 7.19. The molecule has 2 aliphatic rings. The van der Waals surface area contributed by atoms with Crippen LogP contribution in [0.4, 0.5) is 0 Å². The second kappa shape index (κ2) is 7.89. The van der Waals surface area contributed by atoms with E-state index in [2.05, 4.69) is 32.2 Å². The van der Waals surface area contributed by atoms with E-state index in [1.165, 1.54) is 19.3 Å². The molecule has 3 rings (SSSR count). The van der Waals surface area contributed by atoms with Crippen LogP contribution in [-0.4, -0.2) is 31.1 Å². The third-order valence-electron chi connectivity index (χ3n) is 3.77. The molecule has 1 aliphatic heterocycles. The molecular formula is C13H21BrCl2N2O. The summed E-state index contributed by atoms with van der Waals surface area (Å²) >= 11 is 3.41. The molecule has 1 aromatic rings. The van der Waals surface area contributed by atoms with Gasteiger partial charge in [-0.25, -0.2) is 0 Å². The van der Waals surface area contributed by atoms with Crippen molar-refractivity contribution in [3.05, 3.63) is 22.6 Å². The van der Waals surface area contributed by atoms with Gasteiger partial charge in [-0.15, -0.1) is 24.8 Å². The molecule has 0 amide bonds. The Labute approximate surface area is 135 Å². The Morgan fingerprint density at radius 3 is 2.47 bits per heavy atom. The van der Waals surface area contributed by atoms with Crippen LogP contribution >= 0.6 is 40.7 Å².